The summed E-state index contributed by atoms with van der Waals surface area (Å²) in [5, 5.41) is 21.8. The highest BCUT2D eigenvalue weighted by atomic mass is 127. The maximum absolute atomic E-state index is 14.1. The molecule has 0 amide bonds. The molecule has 12 heteroatoms. The molecule has 0 aromatic rings. The fourth-order valence-corrected chi connectivity index (χ4v) is 12.1. The number of ether oxygens (including phenoxy) is 7. The van der Waals surface area contributed by atoms with Gasteiger partial charge in [0.15, 0.2) is 5.79 Å². The Hall–Kier alpha value is -0.520. The van der Waals surface area contributed by atoms with Crippen molar-refractivity contribution in [1.29, 1.82) is 0 Å². The minimum Gasteiger partial charge on any atom is -0.392 e. The Morgan fingerprint density at radius 2 is 1.63 bits per heavy atom. The van der Waals surface area contributed by atoms with Crippen LogP contribution in [-0.2, 0) is 38.0 Å². The summed E-state index contributed by atoms with van der Waals surface area (Å²) in [6.45, 7) is 16.0. The minimum absolute atomic E-state index is 0.0292. The van der Waals surface area contributed by atoms with E-state index in [1.165, 1.54) is 5.57 Å². The van der Waals surface area contributed by atoms with Gasteiger partial charge in [-0.2, -0.15) is 0 Å². The number of hydrogen-bond donors (Lipinski definition) is 3. The molecular weight excluding hydrogens is 805 g/mol. The molecule has 8 bridgehead atoms. The number of Topliss-reactive ketones (excluding diaryl/α,β-unsaturated/α-hetero) is 1. The average Bonchev–Trinajstić information content (AvgIpc) is 3.76. The second-order valence-corrected chi connectivity index (χ2v) is 19.5. The predicted octanol–water partition coefficient (Wildman–Crippen LogP) is 5.34. The molecule has 0 aromatic heterocycles. The third-order valence-electron chi connectivity index (χ3n) is 14.0. The van der Waals surface area contributed by atoms with E-state index in [0.717, 1.165) is 50.5 Å². The van der Waals surface area contributed by atoms with Gasteiger partial charge in [-0.15, -0.1) is 0 Å². The number of alkyl halides is 1. The van der Waals surface area contributed by atoms with Crippen molar-refractivity contribution >= 4 is 28.4 Å². The number of aliphatic hydroxyl groups is 2. The number of carbonyl (C=O) groups is 1. The molecule has 0 aromatic carbocycles. The van der Waals surface area contributed by atoms with Crippen molar-refractivity contribution in [3.05, 3.63) is 24.3 Å². The van der Waals surface area contributed by atoms with Gasteiger partial charge in [0.1, 0.15) is 30.2 Å². The largest absolute Gasteiger partial charge is 0.392 e. The number of rotatable bonds is 4. The van der Waals surface area contributed by atoms with Gasteiger partial charge in [-0.3, -0.25) is 4.79 Å². The molecule has 1 spiro atoms. The molecule has 54 heavy (non-hydrogen) atoms. The Labute approximate surface area is 335 Å². The van der Waals surface area contributed by atoms with Crippen LogP contribution in [0.25, 0.3) is 0 Å². The van der Waals surface area contributed by atoms with Crippen LogP contribution in [0.2, 0.25) is 0 Å². The SMILES string of the molecule is C=C1[C@H](C)CC2O[C@H](CC(O)CN)[C@H](OC)C2CC(=O)CC2CCC3O[C@@H]4C(I)C(O[C@@]5(CCC6CC(=C)[C@H](CC[C@H](C)C[C@H]1C)O6)C[C@@H](O)C4O5)[C@H]3O2. The van der Waals surface area contributed by atoms with Crippen LogP contribution in [-0.4, -0.2) is 119 Å². The molecule has 4 N–H and O–H groups in total. The van der Waals surface area contributed by atoms with E-state index in [1.807, 2.05) is 0 Å². The Balaban J connectivity index is 1.13. The summed E-state index contributed by atoms with van der Waals surface area (Å²) in [5.41, 5.74) is 8.16. The fraction of sp³-hybridized carbons (Fsp3) is 0.881. The van der Waals surface area contributed by atoms with E-state index in [2.05, 4.69) is 56.5 Å². The number of carbonyl (C=O) groups excluding carboxylic acids is 1. The van der Waals surface area contributed by atoms with Crippen LogP contribution in [0.1, 0.15) is 104 Å². The van der Waals surface area contributed by atoms with Crippen LogP contribution < -0.4 is 5.73 Å². The van der Waals surface area contributed by atoms with Crippen LogP contribution >= 0.6 is 22.6 Å². The monoisotopic (exact) mass is 871 g/mol. The summed E-state index contributed by atoms with van der Waals surface area (Å²) in [4.78, 5) is 14.1. The Morgan fingerprint density at radius 3 is 2.39 bits per heavy atom. The molecule has 0 saturated carbocycles. The van der Waals surface area contributed by atoms with E-state index in [0.29, 0.717) is 43.9 Å². The third kappa shape index (κ3) is 8.74. The zero-order valence-electron chi connectivity index (χ0n) is 32.8. The van der Waals surface area contributed by atoms with E-state index in [1.54, 1.807) is 7.11 Å². The molecule has 306 valence electrons. The van der Waals surface area contributed by atoms with E-state index in [9.17, 15) is 15.0 Å². The number of fused-ring (bicyclic) bond motifs is 7. The van der Waals surface area contributed by atoms with E-state index >= 15 is 0 Å². The van der Waals surface area contributed by atoms with Crippen molar-refractivity contribution in [2.75, 3.05) is 13.7 Å². The molecule has 7 saturated heterocycles. The van der Waals surface area contributed by atoms with E-state index in [-0.39, 0.29) is 95.5 Å². The van der Waals surface area contributed by atoms with Crippen LogP contribution in [0.4, 0.5) is 0 Å². The number of allylic oxidation sites excluding steroid dienone is 1. The Kier molecular flexibility index (Phi) is 13.4. The topological polar surface area (TPSA) is 148 Å². The molecule has 7 rings (SSSR count). The summed E-state index contributed by atoms with van der Waals surface area (Å²) in [7, 11) is 1.67. The minimum atomic E-state index is -0.960. The Bertz CT molecular complexity index is 1350. The summed E-state index contributed by atoms with van der Waals surface area (Å²) >= 11 is 2.39. The zero-order chi connectivity index (χ0) is 38.5. The number of methoxy groups -OCH3 is 1. The number of aliphatic hydroxyl groups excluding tert-OH is 2. The average molecular weight is 872 g/mol. The lowest BCUT2D eigenvalue weighted by Gasteiger charge is -2.49. The molecule has 7 aliphatic heterocycles. The van der Waals surface area contributed by atoms with E-state index in [4.69, 9.17) is 38.9 Å². The van der Waals surface area contributed by atoms with Gasteiger partial charge in [-0.1, -0.05) is 62.1 Å². The van der Waals surface area contributed by atoms with Crippen LogP contribution in [0.15, 0.2) is 24.3 Å². The first kappa shape index (κ1) is 41.6. The number of ketones is 1. The van der Waals surface area contributed by atoms with Crippen molar-refractivity contribution < 1.29 is 48.2 Å². The first-order chi connectivity index (χ1) is 25.8. The Morgan fingerprint density at radius 1 is 0.889 bits per heavy atom. The second-order valence-electron chi connectivity index (χ2n) is 18.1. The first-order valence-electron chi connectivity index (χ1n) is 20.9. The maximum atomic E-state index is 14.1. The fourth-order valence-electron chi connectivity index (χ4n) is 10.9. The van der Waals surface area contributed by atoms with Crippen molar-refractivity contribution in [2.45, 2.75) is 193 Å². The van der Waals surface area contributed by atoms with Crippen molar-refractivity contribution in [2.24, 2.45) is 29.4 Å². The number of nitrogens with two attached hydrogens (primary N) is 1. The summed E-state index contributed by atoms with van der Waals surface area (Å²) < 4.78 is 46.4. The van der Waals surface area contributed by atoms with Gasteiger partial charge < -0.3 is 49.1 Å². The highest BCUT2D eigenvalue weighted by Gasteiger charge is 2.62. The molecule has 9 unspecified atom stereocenters. The summed E-state index contributed by atoms with van der Waals surface area (Å²) in [5.74, 6) is -0.0456. The maximum Gasteiger partial charge on any atom is 0.172 e. The standard InChI is InChI=1S/C42H66INO10/c1-21-7-9-32-24(4)14-29(49-32)11-12-42-19-31(47)38(53-42)40-36(43)41(54-42)39-33(52-40)10-8-28(50-39)16-26(45)17-30-34(15-23(3)25(5)22(2)13-21)51-35(37(30)48-6)18-27(46)20-44/h21-23,27-41,46-47H,4-5,7-20,44H2,1-3,6H3/t21-,22+,23+,27?,28?,29?,30?,31+,32-,33?,34?,35+,36?,37+,38?,39-,40+,41?,42-/m0/s1. The molecule has 7 aliphatic rings. The highest BCUT2D eigenvalue weighted by molar-refractivity contribution is 14.1. The van der Waals surface area contributed by atoms with Gasteiger partial charge in [0, 0.05) is 51.7 Å². The molecular formula is C42H66INO10. The zero-order valence-corrected chi connectivity index (χ0v) is 35.0. The molecule has 7 fully saturated rings. The molecule has 7 heterocycles. The summed E-state index contributed by atoms with van der Waals surface area (Å²) in [6, 6.07) is 0. The van der Waals surface area contributed by atoms with Crippen LogP contribution in [0.5, 0.6) is 0 Å². The number of halogens is 1. The lowest BCUT2D eigenvalue weighted by Crippen LogP contribution is -2.63. The first-order valence-corrected chi connectivity index (χ1v) is 22.1. The lowest BCUT2D eigenvalue weighted by molar-refractivity contribution is -0.274. The van der Waals surface area contributed by atoms with Gasteiger partial charge in [-0.25, -0.2) is 0 Å². The van der Waals surface area contributed by atoms with Gasteiger partial charge in [0.25, 0.3) is 0 Å². The van der Waals surface area contributed by atoms with Gasteiger partial charge >= 0.3 is 0 Å². The smallest absolute Gasteiger partial charge is 0.172 e. The summed E-state index contributed by atoms with van der Waals surface area (Å²) in [6.07, 6.45) is 4.46. The van der Waals surface area contributed by atoms with E-state index < -0.39 is 24.1 Å². The van der Waals surface area contributed by atoms with Crippen LogP contribution in [0, 0.1) is 23.7 Å². The van der Waals surface area contributed by atoms with Gasteiger partial charge in [0.2, 0.25) is 0 Å². The van der Waals surface area contributed by atoms with Gasteiger partial charge in [0.05, 0.1) is 58.9 Å². The number of hydrogen-bond acceptors (Lipinski definition) is 11. The normalized spacial score (nSPS) is 49.8. The third-order valence-corrected chi connectivity index (χ3v) is 15.4. The van der Waals surface area contributed by atoms with Gasteiger partial charge in [-0.05, 0) is 74.7 Å². The van der Waals surface area contributed by atoms with Crippen molar-refractivity contribution in [3.63, 3.8) is 0 Å². The molecule has 0 radical (unpaired) electrons. The second kappa shape index (κ2) is 17.4. The molecule has 0 aliphatic carbocycles. The molecule has 19 atom stereocenters. The van der Waals surface area contributed by atoms with Crippen molar-refractivity contribution in [1.82, 2.24) is 0 Å². The highest BCUT2D eigenvalue weighted by Crippen LogP contribution is 2.51. The quantitative estimate of drug-likeness (QED) is 0.191. The van der Waals surface area contributed by atoms with Crippen molar-refractivity contribution in [3.8, 4) is 0 Å². The molecule has 11 nitrogen and oxygen atoms in total. The van der Waals surface area contributed by atoms with Crippen LogP contribution in [0.3, 0.4) is 0 Å². The predicted molar refractivity (Wildman–Crippen MR) is 211 cm³/mol. The lowest BCUT2D eigenvalue weighted by atomic mass is 9.79.